The third-order valence-corrected chi connectivity index (χ3v) is 62.8. The number of hydrogen-bond donors (Lipinski definition) is 0. The van der Waals surface area contributed by atoms with Crippen LogP contribution in [0.4, 0.5) is 0 Å². The molecule has 0 amide bonds. The second-order valence-electron chi connectivity index (χ2n) is 27.8. The summed E-state index contributed by atoms with van der Waals surface area (Å²) in [4.78, 5) is 0. The molecule has 14 nitrogen and oxygen atoms in total. The van der Waals surface area contributed by atoms with Gasteiger partial charge in [0.1, 0.15) is 0 Å². The standard InChI is InChI=1S/C53H104O14Si10/c1-68(2,3)56-71(47-31-15-8-16-32-47)59-74(50-37-21-11-22-38-50)61-72(48-33-17-9-18-34-48)57-69(4,5)54-45-29-30-46-55-70(6,7)58-73(49-35-19-10-20-36-49)62-75(60-71,51-39-23-12-24-40-51)66-77(65-74,53-43-27-14-28-44-53)67-76(63-72,64-73)52-41-25-13-26-42-52/h29-30,47-53H,8-28,31-46H2,1-7H3. The first-order valence-corrected chi connectivity index (χ1v) is 53.9. The molecule has 0 spiro atoms. The van der Waals surface area contributed by atoms with E-state index in [2.05, 4.69) is 58.0 Å². The van der Waals surface area contributed by atoms with Gasteiger partial charge in [-0.05, 0) is 136 Å². The molecule has 0 aromatic carbocycles. The van der Waals surface area contributed by atoms with Crippen LogP contribution in [0.25, 0.3) is 0 Å². The van der Waals surface area contributed by atoms with Gasteiger partial charge in [-0.25, -0.2) is 0 Å². The lowest BCUT2D eigenvalue weighted by Gasteiger charge is -2.64. The molecular weight excluding hydrogens is 1140 g/mol. The molecule has 0 aromatic heterocycles. The quantitative estimate of drug-likeness (QED) is 0.160. The van der Waals surface area contributed by atoms with Crippen molar-refractivity contribution in [2.45, 2.75) is 309 Å². The van der Waals surface area contributed by atoms with Crippen molar-refractivity contribution in [2.24, 2.45) is 0 Å². The highest BCUT2D eigenvalue weighted by molar-refractivity contribution is 7.02. The Morgan fingerprint density at radius 2 is 0.494 bits per heavy atom. The van der Waals surface area contributed by atoms with Gasteiger partial charge in [0, 0.05) is 38.8 Å². The predicted molar refractivity (Wildman–Crippen MR) is 320 cm³/mol. The summed E-state index contributed by atoms with van der Waals surface area (Å²) in [6, 6.07) is 0. The maximum atomic E-state index is 8.99. The smallest absolute Gasteiger partial charge is 0.417 e. The lowest BCUT2D eigenvalue weighted by molar-refractivity contribution is -0.0164. The SMILES string of the molecule is C[Si](C)(C)O[Si]1(C2CCCCC2)O[Si]2(C3CCCCC3)O[Si]3(C4CCCCC4)O[Si](C)(C)OCC=CCO[Si](C)(C)O[Si]4(C5CCCCC5)O[Si](C5CCCCC5)(O1)O[Si](C1CCCCC1)(O2)O[Si](C1CCCCC1)(O3)O4. The normalized spacial score (nSPS) is 41.9. The minimum atomic E-state index is -4.27. The largest absolute Gasteiger partial charge is 0.482 e. The van der Waals surface area contributed by atoms with Crippen molar-refractivity contribution in [1.29, 1.82) is 0 Å². The molecule has 7 saturated carbocycles. The van der Waals surface area contributed by atoms with Crippen molar-refractivity contribution in [3.63, 3.8) is 0 Å². The third kappa shape index (κ3) is 13.2. The minimum absolute atomic E-state index is 0.0170. The molecule has 0 N–H and O–H groups in total. The summed E-state index contributed by atoms with van der Waals surface area (Å²) in [6.07, 6.45) is 40.8. The van der Waals surface area contributed by atoms with Crippen LogP contribution in [0.5, 0.6) is 0 Å². The maximum absolute atomic E-state index is 8.99. The van der Waals surface area contributed by atoms with Crippen molar-refractivity contribution < 1.29 is 58.2 Å². The molecule has 4 unspecified atom stereocenters. The molecule has 11 aliphatic rings. The van der Waals surface area contributed by atoms with E-state index in [9.17, 15) is 0 Å². The Hall–Kier alpha value is 1.35. The van der Waals surface area contributed by atoms with Gasteiger partial charge in [-0.2, -0.15) is 0 Å². The van der Waals surface area contributed by atoms with Crippen LogP contribution in [0.15, 0.2) is 12.2 Å². The van der Waals surface area contributed by atoms with E-state index in [1.165, 1.54) is 44.9 Å². The first-order valence-electron chi connectivity index (χ1n) is 32.3. The second kappa shape index (κ2) is 24.6. The van der Waals surface area contributed by atoms with E-state index < -0.39 is 87.1 Å². The van der Waals surface area contributed by atoms with Gasteiger partial charge >= 0.3 is 78.8 Å². The fourth-order valence-electron chi connectivity index (χ4n) is 16.0. The van der Waals surface area contributed by atoms with Gasteiger partial charge in [-0.1, -0.05) is 147 Å². The molecule has 24 heteroatoms. The molecule has 0 aromatic rings. The zero-order valence-electron chi connectivity index (χ0n) is 49.1. The van der Waals surface area contributed by atoms with Crippen molar-refractivity contribution in [2.75, 3.05) is 13.2 Å². The van der Waals surface area contributed by atoms with Crippen LogP contribution < -0.4 is 0 Å². The molecule has 11 rings (SSSR count). The van der Waals surface area contributed by atoms with Crippen LogP contribution in [0.1, 0.15) is 225 Å². The predicted octanol–water partition coefficient (Wildman–Crippen LogP) is 16.0. The second-order valence-corrected chi connectivity index (χ2v) is 62.2. The van der Waals surface area contributed by atoms with E-state index in [0.29, 0.717) is 13.2 Å². The van der Waals surface area contributed by atoms with Crippen molar-refractivity contribution in [1.82, 2.24) is 0 Å². The van der Waals surface area contributed by atoms with Crippen LogP contribution in [-0.2, 0) is 58.2 Å². The zero-order chi connectivity index (χ0) is 53.5. The molecule has 4 atom stereocenters. The van der Waals surface area contributed by atoms with Crippen LogP contribution >= 0.6 is 0 Å². The molecule has 4 aliphatic heterocycles. The van der Waals surface area contributed by atoms with Crippen LogP contribution in [0.2, 0.25) is 84.6 Å². The third-order valence-electron chi connectivity index (χ3n) is 19.7. The Kier molecular flexibility index (Phi) is 19.2. The minimum Gasteiger partial charge on any atom is -0.417 e. The number of fused-ring (bicyclic) bond motifs is 4. The Morgan fingerprint density at radius 3 is 0.727 bits per heavy atom. The van der Waals surface area contributed by atoms with Crippen LogP contribution in [0, 0.1) is 0 Å². The Bertz CT molecular complexity index is 1880. The van der Waals surface area contributed by atoms with E-state index in [0.717, 1.165) is 180 Å². The average Bonchev–Trinajstić information content (AvgIpc) is 3.62. The molecule has 6 bridgehead atoms. The molecule has 0 radical (unpaired) electrons. The van der Waals surface area contributed by atoms with Gasteiger partial charge in [0.15, 0.2) is 8.32 Å². The van der Waals surface area contributed by atoms with E-state index in [1.54, 1.807) is 0 Å². The average molecular weight is 1250 g/mol. The fourth-order valence-corrected chi connectivity index (χ4v) is 73.8. The molecule has 440 valence electrons. The van der Waals surface area contributed by atoms with Gasteiger partial charge < -0.3 is 58.2 Å². The van der Waals surface area contributed by atoms with Gasteiger partial charge in [0.05, 0.1) is 13.2 Å². The van der Waals surface area contributed by atoms with E-state index in [4.69, 9.17) is 58.2 Å². The lowest BCUT2D eigenvalue weighted by Crippen LogP contribution is -2.87. The molecule has 77 heavy (non-hydrogen) atoms. The van der Waals surface area contributed by atoms with E-state index in [1.807, 2.05) is 0 Å². The Labute approximate surface area is 477 Å². The highest BCUT2D eigenvalue weighted by Crippen LogP contribution is 2.63. The summed E-state index contributed by atoms with van der Waals surface area (Å²) >= 11 is 0. The first-order chi connectivity index (χ1) is 36.9. The summed E-state index contributed by atoms with van der Waals surface area (Å²) in [5.41, 5.74) is -0.210. The molecule has 7 aliphatic carbocycles. The number of hydrogen-bond acceptors (Lipinski definition) is 14. The van der Waals surface area contributed by atoms with E-state index in [-0.39, 0.29) is 38.8 Å². The van der Waals surface area contributed by atoms with Crippen molar-refractivity contribution in [3.8, 4) is 0 Å². The Balaban J connectivity index is 1.29. The summed E-state index contributed by atoms with van der Waals surface area (Å²) < 4.78 is 120. The maximum Gasteiger partial charge on any atom is 0.482 e. The molecule has 3 saturated heterocycles. The van der Waals surface area contributed by atoms with E-state index >= 15 is 0 Å². The molecule has 4 heterocycles. The van der Waals surface area contributed by atoms with Crippen LogP contribution in [-0.4, -0.2) is 100 Å². The Morgan fingerprint density at radius 1 is 0.286 bits per heavy atom. The highest BCUT2D eigenvalue weighted by Gasteiger charge is 2.84. The summed E-state index contributed by atoms with van der Waals surface area (Å²) in [5, 5.41) is 0. The molecule has 10 fully saturated rings. The van der Waals surface area contributed by atoms with Gasteiger partial charge in [0.25, 0.3) is 0 Å². The fraction of sp³-hybridized carbons (Fsp3) is 0.962. The van der Waals surface area contributed by atoms with Crippen molar-refractivity contribution in [3.05, 3.63) is 12.2 Å². The first kappa shape index (κ1) is 60.1. The summed E-state index contributed by atoms with van der Waals surface area (Å²) in [6.45, 7) is 16.7. The van der Waals surface area contributed by atoms with Gasteiger partial charge in [0.2, 0.25) is 0 Å². The van der Waals surface area contributed by atoms with Gasteiger partial charge in [-0.15, -0.1) is 0 Å². The topological polar surface area (TPSA) is 129 Å². The van der Waals surface area contributed by atoms with Crippen molar-refractivity contribution >= 4 is 87.1 Å². The summed E-state index contributed by atoms with van der Waals surface area (Å²) in [5.74, 6) is 0. The summed E-state index contributed by atoms with van der Waals surface area (Å²) in [7, 11) is -38.2. The van der Waals surface area contributed by atoms with Crippen LogP contribution in [0.3, 0.4) is 0 Å². The zero-order valence-corrected chi connectivity index (χ0v) is 59.1. The monoisotopic (exact) mass is 1240 g/mol. The van der Waals surface area contributed by atoms with Gasteiger partial charge in [-0.3, -0.25) is 0 Å². The highest BCUT2D eigenvalue weighted by atomic mass is 28.6. The number of rotatable bonds is 9. The lowest BCUT2D eigenvalue weighted by atomic mass is 10.0. The molecular formula is C53H104O14Si10.